The maximum atomic E-state index is 13.5. The summed E-state index contributed by atoms with van der Waals surface area (Å²) in [5, 5.41) is 9.61. The lowest BCUT2D eigenvalue weighted by atomic mass is 9.99. The molecule has 2 aromatic carbocycles. The van der Waals surface area contributed by atoms with E-state index in [9.17, 15) is 41.5 Å². The Bertz CT molecular complexity index is 1280. The normalized spacial score (nSPS) is 13.8. The molecule has 4 rings (SSSR count). The summed E-state index contributed by atoms with van der Waals surface area (Å²) in [5.74, 6) is -5.99. The van der Waals surface area contributed by atoms with Gasteiger partial charge in [-0.05, 0) is 49.9 Å². The largest absolute Gasteiger partial charge is 0.481 e. The van der Waals surface area contributed by atoms with Crippen molar-refractivity contribution in [1.29, 1.82) is 0 Å². The number of hydrogen-bond acceptors (Lipinski definition) is 8. The van der Waals surface area contributed by atoms with Gasteiger partial charge in [0.25, 0.3) is 5.97 Å². The Balaban J connectivity index is 0. The summed E-state index contributed by atoms with van der Waals surface area (Å²) in [6.45, 7) is 3.45. The van der Waals surface area contributed by atoms with Crippen molar-refractivity contribution in [3.05, 3.63) is 70.8 Å². The molecule has 45 heavy (non-hydrogen) atoms. The molecule has 250 valence electrons. The number of rotatable bonds is 8. The number of carbonyl (C=O) groups is 6. The number of ether oxygens (including phenoxy) is 1. The van der Waals surface area contributed by atoms with Crippen LogP contribution in [-0.4, -0.2) is 41.0 Å². The molecule has 2 aromatic rings. The Kier molecular flexibility index (Phi) is 19.8. The topological polar surface area (TPSA) is 170 Å². The number of nitrogens with one attached hydrogen (secondary N) is 1. The number of carboxylic acid groups (broad SMARTS) is 1. The first-order chi connectivity index (χ1) is 20.1. The number of nitrogens with two attached hydrogens (primary N) is 1. The Labute approximate surface area is 264 Å². The van der Waals surface area contributed by atoms with Gasteiger partial charge in [0.2, 0.25) is 6.41 Å². The zero-order valence-electron chi connectivity index (χ0n) is 24.0. The summed E-state index contributed by atoms with van der Waals surface area (Å²) in [6, 6.07) is 4.43. The van der Waals surface area contributed by atoms with Crippen molar-refractivity contribution in [2.75, 3.05) is 0 Å². The second kappa shape index (κ2) is 20.7. The first-order valence-corrected chi connectivity index (χ1v) is 12.9. The average molecular weight is 665 g/mol. The highest BCUT2D eigenvalue weighted by atomic mass is 35.5. The second-order valence-corrected chi connectivity index (χ2v) is 9.42. The predicted octanol–water partition coefficient (Wildman–Crippen LogP) is 4.92. The Morgan fingerprint density at radius 2 is 1.13 bits per heavy atom. The molecule has 2 aliphatic carbocycles. The number of carbonyl (C=O) groups excluding carboxylic acids is 5. The number of benzene rings is 2. The van der Waals surface area contributed by atoms with Gasteiger partial charge in [0, 0.05) is 38.2 Å². The van der Waals surface area contributed by atoms with Gasteiger partial charge in [0.1, 0.15) is 29.3 Å². The SMILES string of the molecule is C.CC(=O)O.CC(=O)OC(C)=O.Cl.NC(C(=O)C1CC1)c1c(F)cccc1F.O=CNC(C(=O)C1CC1)c1c(F)cccc1F. The third-order valence-corrected chi connectivity index (χ3v) is 5.67. The van der Waals surface area contributed by atoms with E-state index >= 15 is 0 Å². The van der Waals surface area contributed by atoms with Crippen LogP contribution in [0.15, 0.2) is 36.4 Å². The highest BCUT2D eigenvalue weighted by molar-refractivity contribution is 5.91. The molecule has 2 atom stereocenters. The molecular weight excluding hydrogens is 628 g/mol. The standard InChI is InChI=1S/C12H11F2NO2.C11H11F2NO.C4H6O3.C2H4O2.CH4.ClH/c13-8-2-1-3-9(14)10(8)11(15-6-16)12(17)7-4-5-7;12-7-2-1-3-8(13)9(7)10(14)11(15)6-4-5-6;1-3(5)7-4(2)6;1-2(3)4;;/h1-3,6-7,11H,4-5H2,(H,15,16);1-3,6,10H,4-5,14H2;1-2H3;1H3,(H,3,4);1H4;1H. The summed E-state index contributed by atoms with van der Waals surface area (Å²) >= 11 is 0. The summed E-state index contributed by atoms with van der Waals surface area (Å²) < 4.78 is 57.6. The molecule has 4 N–H and O–H groups in total. The number of hydrogen-bond donors (Lipinski definition) is 3. The molecule has 2 fully saturated rings. The minimum atomic E-state index is -1.22. The zero-order chi connectivity index (χ0) is 32.9. The number of halogens is 5. The number of carboxylic acids is 1. The number of aliphatic carboxylic acids is 1. The first-order valence-electron chi connectivity index (χ1n) is 12.9. The second-order valence-electron chi connectivity index (χ2n) is 9.42. The van der Waals surface area contributed by atoms with Crippen molar-refractivity contribution in [2.45, 2.75) is 66.0 Å². The van der Waals surface area contributed by atoms with Crippen LogP contribution in [0, 0.1) is 35.1 Å². The van der Waals surface area contributed by atoms with E-state index in [2.05, 4.69) is 10.1 Å². The Morgan fingerprint density at radius 3 is 1.42 bits per heavy atom. The van der Waals surface area contributed by atoms with Crippen LogP contribution in [0.3, 0.4) is 0 Å². The van der Waals surface area contributed by atoms with E-state index in [4.69, 9.17) is 15.6 Å². The maximum Gasteiger partial charge on any atom is 0.310 e. The molecule has 15 heteroatoms. The van der Waals surface area contributed by atoms with Crippen LogP contribution in [0.25, 0.3) is 0 Å². The number of ketones is 2. The molecule has 2 unspecified atom stereocenters. The smallest absolute Gasteiger partial charge is 0.310 e. The first kappa shape index (κ1) is 43.0. The van der Waals surface area contributed by atoms with Gasteiger partial charge in [-0.2, -0.15) is 0 Å². The predicted molar refractivity (Wildman–Crippen MR) is 157 cm³/mol. The summed E-state index contributed by atoms with van der Waals surface area (Å²) in [7, 11) is 0. The fourth-order valence-electron chi connectivity index (χ4n) is 3.54. The van der Waals surface area contributed by atoms with Crippen LogP contribution >= 0.6 is 12.4 Å². The molecule has 2 aliphatic rings. The van der Waals surface area contributed by atoms with Crippen molar-refractivity contribution >= 4 is 48.3 Å². The fourth-order valence-corrected chi connectivity index (χ4v) is 3.54. The van der Waals surface area contributed by atoms with E-state index in [1.54, 1.807) is 0 Å². The van der Waals surface area contributed by atoms with Gasteiger partial charge in [0.15, 0.2) is 11.6 Å². The van der Waals surface area contributed by atoms with Crippen LogP contribution in [0.5, 0.6) is 0 Å². The van der Waals surface area contributed by atoms with Crippen molar-refractivity contribution in [3.8, 4) is 0 Å². The Morgan fingerprint density at radius 1 is 0.800 bits per heavy atom. The van der Waals surface area contributed by atoms with E-state index in [-0.39, 0.29) is 60.8 Å². The molecule has 1 amide bonds. The maximum absolute atomic E-state index is 13.5. The van der Waals surface area contributed by atoms with Crippen LogP contribution < -0.4 is 11.1 Å². The summed E-state index contributed by atoms with van der Waals surface area (Å²) in [4.78, 5) is 62.5. The lowest BCUT2D eigenvalue weighted by Gasteiger charge is -2.16. The van der Waals surface area contributed by atoms with E-state index in [1.165, 1.54) is 26.0 Å². The van der Waals surface area contributed by atoms with Gasteiger partial charge in [0.05, 0.1) is 11.6 Å². The van der Waals surface area contributed by atoms with Crippen LogP contribution in [0.4, 0.5) is 17.6 Å². The van der Waals surface area contributed by atoms with E-state index in [0.717, 1.165) is 44.0 Å². The number of Topliss-reactive ketones (excluding diaryl/α,β-unsaturated/α-hetero) is 2. The molecule has 2 saturated carbocycles. The average Bonchev–Trinajstić information content (AvgIpc) is 3.80. The highest BCUT2D eigenvalue weighted by Crippen LogP contribution is 2.36. The number of amides is 1. The van der Waals surface area contributed by atoms with Crippen LogP contribution in [-0.2, 0) is 33.5 Å². The lowest BCUT2D eigenvalue weighted by Crippen LogP contribution is -2.30. The zero-order valence-corrected chi connectivity index (χ0v) is 24.8. The van der Waals surface area contributed by atoms with Gasteiger partial charge in [-0.1, -0.05) is 19.6 Å². The minimum Gasteiger partial charge on any atom is -0.481 e. The third kappa shape index (κ3) is 15.4. The van der Waals surface area contributed by atoms with Crippen LogP contribution in [0.2, 0.25) is 0 Å². The van der Waals surface area contributed by atoms with Crippen molar-refractivity contribution in [3.63, 3.8) is 0 Å². The fraction of sp³-hybridized carbons (Fsp3) is 0.400. The van der Waals surface area contributed by atoms with Gasteiger partial charge in [-0.15, -0.1) is 12.4 Å². The monoisotopic (exact) mass is 664 g/mol. The lowest BCUT2D eigenvalue weighted by molar-refractivity contribution is -0.156. The van der Waals surface area contributed by atoms with Gasteiger partial charge in [-0.25, -0.2) is 17.6 Å². The quantitative estimate of drug-likeness (QED) is 0.153. The molecule has 0 radical (unpaired) electrons. The van der Waals surface area contributed by atoms with Crippen molar-refractivity contribution in [2.24, 2.45) is 17.6 Å². The van der Waals surface area contributed by atoms with E-state index in [1.807, 2.05) is 0 Å². The van der Waals surface area contributed by atoms with Crippen LogP contribution in [0.1, 0.15) is 77.1 Å². The molecular formula is C30H37ClF4N2O8. The van der Waals surface area contributed by atoms with Gasteiger partial charge >= 0.3 is 11.9 Å². The summed E-state index contributed by atoms with van der Waals surface area (Å²) in [6.07, 6.45) is 3.28. The molecule has 0 saturated heterocycles. The molecule has 0 heterocycles. The molecule has 0 spiro atoms. The molecule has 0 aromatic heterocycles. The highest BCUT2D eigenvalue weighted by Gasteiger charge is 2.38. The van der Waals surface area contributed by atoms with Crippen molar-refractivity contribution in [1.82, 2.24) is 5.32 Å². The molecule has 0 bridgehead atoms. The van der Waals surface area contributed by atoms with Gasteiger partial charge in [-0.3, -0.25) is 28.8 Å². The van der Waals surface area contributed by atoms with Gasteiger partial charge < -0.3 is 20.9 Å². The minimum absolute atomic E-state index is 0. The molecule has 0 aliphatic heterocycles. The van der Waals surface area contributed by atoms with E-state index in [0.29, 0.717) is 12.8 Å². The van der Waals surface area contributed by atoms with Crippen molar-refractivity contribution < 1.29 is 56.2 Å². The Hall–Kier alpha value is -4.17. The van der Waals surface area contributed by atoms with E-state index < -0.39 is 53.3 Å². The summed E-state index contributed by atoms with van der Waals surface area (Å²) in [5.41, 5.74) is 4.86. The number of esters is 2. The third-order valence-electron chi connectivity index (χ3n) is 5.67. The molecule has 10 nitrogen and oxygen atoms in total.